The SMILES string of the molecule is Cc1ccc(C2C3=C(CCCC3=O)NC3NNC(c4ccccc4)C32)cc1. The summed E-state index contributed by atoms with van der Waals surface area (Å²) < 4.78 is 0. The highest BCUT2D eigenvalue weighted by atomic mass is 16.1. The maximum Gasteiger partial charge on any atom is 0.161 e. The number of benzene rings is 2. The van der Waals surface area contributed by atoms with Crippen LogP contribution >= 0.6 is 0 Å². The molecule has 0 aromatic heterocycles. The minimum absolute atomic E-state index is 0.104. The molecule has 2 aromatic carbocycles. The zero-order valence-electron chi connectivity index (χ0n) is 15.5. The van der Waals surface area contributed by atoms with Crippen molar-refractivity contribution in [1.82, 2.24) is 16.2 Å². The molecular formula is C23H25N3O. The van der Waals surface area contributed by atoms with E-state index in [4.69, 9.17) is 0 Å². The van der Waals surface area contributed by atoms with Gasteiger partial charge in [-0.05, 0) is 30.9 Å². The molecule has 1 fully saturated rings. The highest BCUT2D eigenvalue weighted by molar-refractivity contribution is 5.98. The van der Waals surface area contributed by atoms with Gasteiger partial charge in [0.1, 0.15) is 0 Å². The normalized spacial score (nSPS) is 29.9. The van der Waals surface area contributed by atoms with Gasteiger partial charge in [-0.15, -0.1) is 0 Å². The standard InChI is InChI=1S/C23H25N3O/c1-14-10-12-15(13-11-14)19-20-17(8-5-9-18(20)27)24-23-21(19)22(25-26-23)16-6-3-2-4-7-16/h2-4,6-7,10-13,19,21-26H,5,8-9H2,1H3. The predicted molar refractivity (Wildman–Crippen MR) is 106 cm³/mol. The lowest BCUT2D eigenvalue weighted by molar-refractivity contribution is -0.116. The van der Waals surface area contributed by atoms with Crippen LogP contribution in [-0.2, 0) is 4.79 Å². The van der Waals surface area contributed by atoms with Crippen LogP contribution < -0.4 is 16.2 Å². The molecule has 4 nitrogen and oxygen atoms in total. The number of aryl methyl sites for hydroxylation is 1. The van der Waals surface area contributed by atoms with E-state index in [9.17, 15) is 4.79 Å². The average Bonchev–Trinajstić information content (AvgIpc) is 3.12. The number of Topliss-reactive ketones (excluding diaryl/α,β-unsaturated/α-hetero) is 1. The molecule has 0 bridgehead atoms. The van der Waals surface area contributed by atoms with Crippen molar-refractivity contribution in [1.29, 1.82) is 0 Å². The van der Waals surface area contributed by atoms with Crippen LogP contribution in [0.1, 0.15) is 47.9 Å². The minimum Gasteiger partial charge on any atom is -0.371 e. The Kier molecular flexibility index (Phi) is 4.10. The topological polar surface area (TPSA) is 53.2 Å². The first kappa shape index (κ1) is 16.7. The van der Waals surface area contributed by atoms with Crippen LogP contribution in [0.3, 0.4) is 0 Å². The molecule has 2 aliphatic heterocycles. The van der Waals surface area contributed by atoms with Gasteiger partial charge in [0.25, 0.3) is 0 Å². The number of hydrazine groups is 1. The van der Waals surface area contributed by atoms with E-state index < -0.39 is 0 Å². The van der Waals surface area contributed by atoms with E-state index in [1.165, 1.54) is 16.7 Å². The van der Waals surface area contributed by atoms with Gasteiger partial charge >= 0.3 is 0 Å². The molecule has 1 aliphatic carbocycles. The molecule has 0 spiro atoms. The van der Waals surface area contributed by atoms with Gasteiger partial charge in [0.15, 0.2) is 5.78 Å². The fraction of sp³-hybridized carbons (Fsp3) is 0.348. The third-order valence-corrected chi connectivity index (χ3v) is 6.24. The van der Waals surface area contributed by atoms with Crippen molar-refractivity contribution in [2.45, 2.75) is 44.3 Å². The van der Waals surface area contributed by atoms with Crippen molar-refractivity contribution < 1.29 is 4.79 Å². The smallest absolute Gasteiger partial charge is 0.161 e. The second kappa shape index (κ2) is 6.63. The third-order valence-electron chi connectivity index (χ3n) is 6.24. The summed E-state index contributed by atoms with van der Waals surface area (Å²) in [5.74, 6) is 0.648. The molecule has 4 heteroatoms. The van der Waals surface area contributed by atoms with E-state index in [1.807, 2.05) is 6.07 Å². The summed E-state index contributed by atoms with van der Waals surface area (Å²) >= 11 is 0. The lowest BCUT2D eigenvalue weighted by Crippen LogP contribution is -2.50. The van der Waals surface area contributed by atoms with Gasteiger partial charge in [-0.25, -0.2) is 10.9 Å². The average molecular weight is 359 g/mol. The predicted octanol–water partition coefficient (Wildman–Crippen LogP) is 3.48. The van der Waals surface area contributed by atoms with Gasteiger partial charge < -0.3 is 5.32 Å². The van der Waals surface area contributed by atoms with Crippen LogP contribution in [0.25, 0.3) is 0 Å². The molecule has 2 heterocycles. The first-order chi connectivity index (χ1) is 13.2. The third kappa shape index (κ3) is 2.80. The Balaban J connectivity index is 1.64. The molecule has 4 atom stereocenters. The van der Waals surface area contributed by atoms with Gasteiger partial charge in [-0.2, -0.15) is 0 Å². The Morgan fingerprint density at radius 3 is 2.44 bits per heavy atom. The van der Waals surface area contributed by atoms with Crippen molar-refractivity contribution >= 4 is 5.78 Å². The van der Waals surface area contributed by atoms with E-state index in [0.29, 0.717) is 12.2 Å². The number of hydrogen-bond acceptors (Lipinski definition) is 4. The summed E-state index contributed by atoms with van der Waals surface area (Å²) in [5, 5.41) is 3.64. The number of hydrogen-bond donors (Lipinski definition) is 3. The number of ketones is 1. The van der Waals surface area contributed by atoms with E-state index in [2.05, 4.69) is 71.6 Å². The molecule has 27 heavy (non-hydrogen) atoms. The fourth-order valence-electron chi connectivity index (χ4n) is 4.96. The highest BCUT2D eigenvalue weighted by Crippen LogP contribution is 2.48. The van der Waals surface area contributed by atoms with Crippen LogP contribution in [0.4, 0.5) is 0 Å². The van der Waals surface area contributed by atoms with Crippen LogP contribution in [0.5, 0.6) is 0 Å². The Morgan fingerprint density at radius 2 is 1.67 bits per heavy atom. The van der Waals surface area contributed by atoms with Gasteiger partial charge in [0, 0.05) is 29.5 Å². The molecular weight excluding hydrogens is 334 g/mol. The summed E-state index contributed by atoms with van der Waals surface area (Å²) in [4.78, 5) is 13.0. The van der Waals surface area contributed by atoms with Crippen LogP contribution in [0, 0.1) is 12.8 Å². The minimum atomic E-state index is 0.104. The van der Waals surface area contributed by atoms with Crippen molar-refractivity contribution in [3.05, 3.63) is 82.6 Å². The lowest BCUT2D eigenvalue weighted by Gasteiger charge is -2.41. The van der Waals surface area contributed by atoms with Crippen molar-refractivity contribution in [3.8, 4) is 0 Å². The highest BCUT2D eigenvalue weighted by Gasteiger charge is 2.49. The van der Waals surface area contributed by atoms with E-state index in [1.54, 1.807) is 0 Å². The molecule has 0 radical (unpaired) electrons. The van der Waals surface area contributed by atoms with Gasteiger partial charge in [-0.1, -0.05) is 60.2 Å². The zero-order valence-corrected chi connectivity index (χ0v) is 15.5. The second-order valence-electron chi connectivity index (χ2n) is 7.93. The number of allylic oxidation sites excluding steroid dienone is 2. The molecule has 3 aliphatic rings. The van der Waals surface area contributed by atoms with E-state index in [-0.39, 0.29) is 24.0 Å². The summed E-state index contributed by atoms with van der Waals surface area (Å²) in [6.07, 6.45) is 2.69. The molecule has 5 rings (SSSR count). The first-order valence-corrected chi connectivity index (χ1v) is 9.88. The van der Waals surface area contributed by atoms with Crippen molar-refractivity contribution in [2.75, 3.05) is 0 Å². The Morgan fingerprint density at radius 1 is 0.889 bits per heavy atom. The maximum absolute atomic E-state index is 13.0. The molecule has 2 aromatic rings. The number of rotatable bonds is 2. The summed E-state index contributed by atoms with van der Waals surface area (Å²) in [6.45, 7) is 2.11. The zero-order chi connectivity index (χ0) is 18.4. The van der Waals surface area contributed by atoms with Gasteiger partial charge in [0.05, 0.1) is 12.2 Å². The molecule has 138 valence electrons. The number of nitrogens with one attached hydrogen (secondary N) is 3. The molecule has 0 saturated carbocycles. The maximum atomic E-state index is 13.0. The molecule has 4 unspecified atom stereocenters. The van der Waals surface area contributed by atoms with E-state index >= 15 is 0 Å². The summed E-state index contributed by atoms with van der Waals surface area (Å²) in [7, 11) is 0. The number of fused-ring (bicyclic) bond motifs is 1. The monoisotopic (exact) mass is 359 g/mol. The summed E-state index contributed by atoms with van der Waals surface area (Å²) in [6, 6.07) is 19.4. The quantitative estimate of drug-likeness (QED) is 0.768. The largest absolute Gasteiger partial charge is 0.371 e. The van der Waals surface area contributed by atoms with Crippen LogP contribution in [-0.4, -0.2) is 11.9 Å². The van der Waals surface area contributed by atoms with Crippen LogP contribution in [0.2, 0.25) is 0 Å². The number of carbonyl (C=O) groups is 1. The van der Waals surface area contributed by atoms with E-state index in [0.717, 1.165) is 24.1 Å². The molecule has 0 amide bonds. The van der Waals surface area contributed by atoms with Gasteiger partial charge in [-0.3, -0.25) is 4.79 Å². The molecule has 3 N–H and O–H groups in total. The van der Waals surface area contributed by atoms with Gasteiger partial charge in [0.2, 0.25) is 0 Å². The van der Waals surface area contributed by atoms with Crippen molar-refractivity contribution in [2.24, 2.45) is 5.92 Å². The second-order valence-corrected chi connectivity index (χ2v) is 7.93. The first-order valence-electron chi connectivity index (χ1n) is 9.88. The van der Waals surface area contributed by atoms with Crippen molar-refractivity contribution in [3.63, 3.8) is 0 Å². The molecule has 1 saturated heterocycles. The number of carbonyl (C=O) groups excluding carboxylic acids is 1. The lowest BCUT2D eigenvalue weighted by atomic mass is 9.68. The Bertz CT molecular complexity index is 888. The fourth-order valence-corrected chi connectivity index (χ4v) is 4.96. The Labute approximate surface area is 160 Å². The van der Waals surface area contributed by atoms with Crippen LogP contribution in [0.15, 0.2) is 65.9 Å². The summed E-state index contributed by atoms with van der Waals surface area (Å²) in [5.41, 5.74) is 12.9. The Hall–Kier alpha value is -2.43.